The molecule has 1 aliphatic heterocycles. The van der Waals surface area contributed by atoms with Crippen LogP contribution in [0.3, 0.4) is 0 Å². The fourth-order valence-corrected chi connectivity index (χ4v) is 6.72. The van der Waals surface area contributed by atoms with Gasteiger partial charge in [-0.2, -0.15) is 9.78 Å². The minimum absolute atomic E-state index is 0.0341. The average molecular weight is 611 g/mol. The van der Waals surface area contributed by atoms with Crippen LogP contribution in [0.15, 0.2) is 60.8 Å². The maximum atomic E-state index is 12.2. The number of carboxylic acid groups (broad SMARTS) is 1. The lowest BCUT2D eigenvalue weighted by Gasteiger charge is -2.33. The number of aryl methyl sites for hydroxylation is 2. The number of likely N-dealkylation sites (tertiary alicyclic amines) is 1. The Kier molecular flexibility index (Phi) is 8.58. The van der Waals surface area contributed by atoms with Crippen LogP contribution in [0.1, 0.15) is 77.7 Å². The number of amides is 1. The summed E-state index contributed by atoms with van der Waals surface area (Å²) in [5.74, 6) is 0.441. The van der Waals surface area contributed by atoms with Gasteiger partial charge in [-0.15, -0.1) is 0 Å². The molecular formula is C35H38N4O6. The molecule has 2 aliphatic rings. The quantitative estimate of drug-likeness (QED) is 0.260. The van der Waals surface area contributed by atoms with Crippen LogP contribution >= 0.6 is 0 Å². The van der Waals surface area contributed by atoms with Gasteiger partial charge in [-0.3, -0.25) is 4.79 Å². The number of hydrogen-bond donors (Lipinski definition) is 2. The Labute approximate surface area is 262 Å². The molecule has 0 bridgehead atoms. The van der Waals surface area contributed by atoms with Gasteiger partial charge >= 0.3 is 5.97 Å². The van der Waals surface area contributed by atoms with Crippen molar-refractivity contribution in [1.29, 1.82) is 0 Å². The zero-order chi connectivity index (χ0) is 31.7. The van der Waals surface area contributed by atoms with Crippen molar-refractivity contribution in [2.24, 2.45) is 0 Å². The smallest absolute Gasteiger partial charge is 0.342 e. The number of carbonyl (C=O) groups is 2. The number of aromatic carboxylic acids is 1. The van der Waals surface area contributed by atoms with Gasteiger partial charge in [0.15, 0.2) is 5.82 Å². The predicted octanol–water partition coefficient (Wildman–Crippen LogP) is 5.36. The number of methoxy groups -OCH3 is 1. The van der Waals surface area contributed by atoms with E-state index in [4.69, 9.17) is 14.5 Å². The van der Waals surface area contributed by atoms with E-state index in [0.29, 0.717) is 24.8 Å². The highest BCUT2D eigenvalue weighted by atomic mass is 16.5. The zero-order valence-corrected chi connectivity index (χ0v) is 25.8. The normalized spacial score (nSPS) is 17.2. The third-order valence-electron chi connectivity index (χ3n) is 8.95. The van der Waals surface area contributed by atoms with Crippen molar-refractivity contribution in [3.8, 4) is 28.7 Å². The van der Waals surface area contributed by atoms with E-state index in [-0.39, 0.29) is 23.5 Å². The first-order valence-corrected chi connectivity index (χ1v) is 15.5. The number of aliphatic hydroxyl groups excluding tert-OH is 1. The molecule has 10 heteroatoms. The SMILES string of the molecule is CCc1cc(O[C@H]2CCc3cccc(-c4cccc(-n5ncc(C(=O)O)c5OC)n4)c32)ccc1C1CCN(C(=O)[C@H](C)O)CC1. The minimum atomic E-state index is -1.12. The summed E-state index contributed by atoms with van der Waals surface area (Å²) in [6.45, 7) is 4.99. The Hall–Kier alpha value is -4.70. The lowest BCUT2D eigenvalue weighted by atomic mass is 9.85. The molecular weight excluding hydrogens is 572 g/mol. The molecule has 1 amide bonds. The number of benzene rings is 2. The molecule has 3 heterocycles. The second kappa shape index (κ2) is 12.7. The van der Waals surface area contributed by atoms with Gasteiger partial charge in [0, 0.05) is 24.2 Å². The van der Waals surface area contributed by atoms with Gasteiger partial charge in [0.2, 0.25) is 5.88 Å². The van der Waals surface area contributed by atoms with Crippen LogP contribution in [-0.4, -0.2) is 68.1 Å². The van der Waals surface area contributed by atoms with Crippen LogP contribution in [0.5, 0.6) is 11.6 Å². The van der Waals surface area contributed by atoms with Crippen LogP contribution < -0.4 is 9.47 Å². The van der Waals surface area contributed by atoms with Crippen molar-refractivity contribution in [1.82, 2.24) is 19.7 Å². The van der Waals surface area contributed by atoms with Crippen LogP contribution in [0.2, 0.25) is 0 Å². The standard InChI is InChI=1S/C35H38N4O6/c1-4-22-19-25(12-13-26(22)23-15-17-38(18-16-23)33(41)21(2)40)45-30-14-11-24-7-5-8-27(32(24)30)29-9-6-10-31(37-29)39-34(44-3)28(20-36-39)35(42)43/h5-10,12-13,19-21,23,30,40H,4,11,14-18H2,1-3H3,(H,42,43)/t21-,30-/m0/s1. The number of nitrogens with zero attached hydrogens (tertiary/aromatic N) is 4. The Morgan fingerprint density at radius 1 is 1.07 bits per heavy atom. The van der Waals surface area contributed by atoms with Crippen molar-refractivity contribution < 1.29 is 29.3 Å². The number of carboxylic acids is 1. The molecule has 0 spiro atoms. The molecule has 2 aromatic heterocycles. The highest BCUT2D eigenvalue weighted by molar-refractivity contribution is 5.90. The number of aromatic nitrogens is 3. The predicted molar refractivity (Wildman–Crippen MR) is 168 cm³/mol. The first kappa shape index (κ1) is 30.3. The largest absolute Gasteiger partial charge is 0.486 e. The van der Waals surface area contributed by atoms with Crippen LogP contribution in [0.25, 0.3) is 17.1 Å². The number of fused-ring (bicyclic) bond motifs is 1. The maximum absolute atomic E-state index is 12.2. The number of piperidine rings is 1. The zero-order valence-electron chi connectivity index (χ0n) is 25.8. The van der Waals surface area contributed by atoms with Crippen molar-refractivity contribution in [3.63, 3.8) is 0 Å². The summed E-state index contributed by atoms with van der Waals surface area (Å²) in [7, 11) is 1.41. The Morgan fingerprint density at radius 2 is 1.84 bits per heavy atom. The Morgan fingerprint density at radius 3 is 2.56 bits per heavy atom. The van der Waals surface area contributed by atoms with E-state index >= 15 is 0 Å². The number of carbonyl (C=O) groups excluding carboxylic acids is 1. The first-order valence-electron chi connectivity index (χ1n) is 15.5. The highest BCUT2D eigenvalue weighted by Gasteiger charge is 2.30. The molecule has 0 radical (unpaired) electrons. The number of ether oxygens (including phenoxy) is 2. The van der Waals surface area contributed by atoms with Crippen LogP contribution in [0, 0.1) is 0 Å². The van der Waals surface area contributed by atoms with Crippen LogP contribution in [0.4, 0.5) is 0 Å². The first-order chi connectivity index (χ1) is 21.8. The van der Waals surface area contributed by atoms with Gasteiger partial charge < -0.3 is 24.6 Å². The lowest BCUT2D eigenvalue weighted by Crippen LogP contribution is -2.42. The second-order valence-corrected chi connectivity index (χ2v) is 11.7. The highest BCUT2D eigenvalue weighted by Crippen LogP contribution is 2.42. The summed E-state index contributed by atoms with van der Waals surface area (Å²) >= 11 is 0. The summed E-state index contributed by atoms with van der Waals surface area (Å²) in [6, 6.07) is 18.2. The van der Waals surface area contributed by atoms with Crippen molar-refractivity contribution in [3.05, 3.63) is 88.6 Å². The summed E-state index contributed by atoms with van der Waals surface area (Å²) in [6.07, 6.45) is 4.52. The average Bonchev–Trinajstić information content (AvgIpc) is 3.69. The van der Waals surface area contributed by atoms with E-state index in [1.165, 1.54) is 41.6 Å². The summed E-state index contributed by atoms with van der Waals surface area (Å²) in [4.78, 5) is 30.5. The van der Waals surface area contributed by atoms with Gasteiger partial charge in [-0.25, -0.2) is 9.78 Å². The molecule has 1 aliphatic carbocycles. The van der Waals surface area contributed by atoms with E-state index < -0.39 is 12.1 Å². The molecule has 1 saturated heterocycles. The van der Waals surface area contributed by atoms with Gasteiger partial charge in [0.1, 0.15) is 23.5 Å². The van der Waals surface area contributed by atoms with Crippen molar-refractivity contribution in [2.45, 2.75) is 64.1 Å². The molecule has 2 aromatic carbocycles. The fourth-order valence-electron chi connectivity index (χ4n) is 6.72. The van der Waals surface area contributed by atoms with E-state index in [9.17, 15) is 19.8 Å². The lowest BCUT2D eigenvalue weighted by molar-refractivity contribution is -0.140. The molecule has 6 rings (SSSR count). The molecule has 45 heavy (non-hydrogen) atoms. The molecule has 2 N–H and O–H groups in total. The van der Waals surface area contributed by atoms with Crippen LogP contribution in [-0.2, 0) is 17.6 Å². The summed E-state index contributed by atoms with van der Waals surface area (Å²) in [5, 5.41) is 23.4. The molecule has 0 saturated carbocycles. The molecule has 2 atom stereocenters. The Balaban J connectivity index is 1.24. The van der Waals surface area contributed by atoms with Gasteiger partial charge in [0.05, 0.1) is 19.0 Å². The van der Waals surface area contributed by atoms with Crippen molar-refractivity contribution >= 4 is 11.9 Å². The molecule has 4 aromatic rings. The molecule has 10 nitrogen and oxygen atoms in total. The monoisotopic (exact) mass is 610 g/mol. The van der Waals surface area contributed by atoms with Gasteiger partial charge in [-0.1, -0.05) is 37.3 Å². The van der Waals surface area contributed by atoms with E-state index in [0.717, 1.165) is 54.7 Å². The summed E-state index contributed by atoms with van der Waals surface area (Å²) in [5.41, 5.74) is 6.56. The third-order valence-corrected chi connectivity index (χ3v) is 8.95. The Bertz CT molecular complexity index is 1720. The number of aliphatic hydroxyl groups is 1. The minimum Gasteiger partial charge on any atom is -0.486 e. The van der Waals surface area contributed by atoms with Crippen molar-refractivity contribution in [2.75, 3.05) is 20.2 Å². The second-order valence-electron chi connectivity index (χ2n) is 11.7. The number of hydrogen-bond acceptors (Lipinski definition) is 7. The van der Waals surface area contributed by atoms with Gasteiger partial charge in [0.25, 0.3) is 5.91 Å². The van der Waals surface area contributed by atoms with E-state index in [1.54, 1.807) is 11.0 Å². The third kappa shape index (κ3) is 5.90. The maximum Gasteiger partial charge on any atom is 0.342 e. The number of pyridine rings is 1. The van der Waals surface area contributed by atoms with E-state index in [2.05, 4.69) is 36.3 Å². The topological polar surface area (TPSA) is 127 Å². The van der Waals surface area contributed by atoms with E-state index in [1.807, 2.05) is 24.3 Å². The fraction of sp³-hybridized carbons (Fsp3) is 0.371. The van der Waals surface area contributed by atoms with Gasteiger partial charge in [-0.05, 0) is 85.9 Å². The molecule has 0 unspecified atom stereocenters. The molecule has 1 fully saturated rings. The molecule has 234 valence electrons. The number of rotatable bonds is 9. The summed E-state index contributed by atoms with van der Waals surface area (Å²) < 4.78 is 13.4.